The number of carbonyl (C=O) groups excluding carboxylic acids is 1. The summed E-state index contributed by atoms with van der Waals surface area (Å²) in [4.78, 5) is 12.3. The van der Waals surface area contributed by atoms with Gasteiger partial charge in [-0.3, -0.25) is 4.79 Å². The fourth-order valence-corrected chi connectivity index (χ4v) is 3.09. The summed E-state index contributed by atoms with van der Waals surface area (Å²) in [6, 6.07) is 8.08. The van der Waals surface area contributed by atoms with Gasteiger partial charge in [-0.2, -0.15) is 0 Å². The summed E-state index contributed by atoms with van der Waals surface area (Å²) in [5, 5.41) is 6.42. The molecule has 1 saturated carbocycles. The SMILES string of the molecule is CCNCc1ccccc1NC(=O)CC1CCCCCC1. The number of nitrogens with one attached hydrogen (secondary N) is 2. The van der Waals surface area contributed by atoms with E-state index < -0.39 is 0 Å². The number of rotatable bonds is 6. The molecule has 116 valence electrons. The molecule has 3 heteroatoms. The van der Waals surface area contributed by atoms with E-state index in [4.69, 9.17) is 0 Å². The van der Waals surface area contributed by atoms with Gasteiger partial charge >= 0.3 is 0 Å². The van der Waals surface area contributed by atoms with Crippen molar-refractivity contribution in [2.45, 2.75) is 58.4 Å². The van der Waals surface area contributed by atoms with Crippen molar-refractivity contribution in [3.63, 3.8) is 0 Å². The van der Waals surface area contributed by atoms with Crippen LogP contribution in [-0.2, 0) is 11.3 Å². The molecule has 0 bridgehead atoms. The first-order valence-corrected chi connectivity index (χ1v) is 8.38. The lowest BCUT2D eigenvalue weighted by atomic mass is 9.96. The molecule has 0 radical (unpaired) electrons. The van der Waals surface area contributed by atoms with Crippen molar-refractivity contribution >= 4 is 11.6 Å². The van der Waals surface area contributed by atoms with E-state index in [-0.39, 0.29) is 5.91 Å². The minimum atomic E-state index is 0.172. The lowest BCUT2D eigenvalue weighted by Gasteiger charge is -2.15. The lowest BCUT2D eigenvalue weighted by molar-refractivity contribution is -0.117. The van der Waals surface area contributed by atoms with Gasteiger partial charge in [-0.05, 0) is 36.9 Å². The first-order chi connectivity index (χ1) is 10.3. The van der Waals surface area contributed by atoms with Crippen LogP contribution in [0, 0.1) is 5.92 Å². The van der Waals surface area contributed by atoms with Gasteiger partial charge in [0.1, 0.15) is 0 Å². The van der Waals surface area contributed by atoms with Crippen molar-refractivity contribution in [3.8, 4) is 0 Å². The maximum atomic E-state index is 12.3. The predicted molar refractivity (Wildman–Crippen MR) is 88.3 cm³/mol. The Morgan fingerprint density at radius 3 is 2.57 bits per heavy atom. The van der Waals surface area contributed by atoms with Crippen LogP contribution in [0.2, 0.25) is 0 Å². The van der Waals surface area contributed by atoms with E-state index >= 15 is 0 Å². The maximum Gasteiger partial charge on any atom is 0.224 e. The normalized spacial score (nSPS) is 16.4. The number of carbonyl (C=O) groups is 1. The Morgan fingerprint density at radius 2 is 1.86 bits per heavy atom. The average Bonchev–Trinajstić information content (AvgIpc) is 2.75. The summed E-state index contributed by atoms with van der Waals surface area (Å²) in [6.45, 7) is 3.83. The van der Waals surface area contributed by atoms with E-state index in [0.717, 1.165) is 24.3 Å². The Morgan fingerprint density at radius 1 is 1.14 bits per heavy atom. The minimum Gasteiger partial charge on any atom is -0.326 e. The summed E-state index contributed by atoms with van der Waals surface area (Å²) < 4.78 is 0. The highest BCUT2D eigenvalue weighted by molar-refractivity contribution is 5.91. The third-order valence-electron chi connectivity index (χ3n) is 4.31. The van der Waals surface area contributed by atoms with E-state index in [1.807, 2.05) is 18.2 Å². The van der Waals surface area contributed by atoms with Crippen LogP contribution >= 0.6 is 0 Å². The van der Waals surface area contributed by atoms with Crippen LogP contribution < -0.4 is 10.6 Å². The highest BCUT2D eigenvalue weighted by Crippen LogP contribution is 2.26. The van der Waals surface area contributed by atoms with E-state index in [1.165, 1.54) is 38.5 Å². The second-order valence-electron chi connectivity index (χ2n) is 6.05. The zero-order valence-electron chi connectivity index (χ0n) is 13.2. The van der Waals surface area contributed by atoms with Gasteiger partial charge in [0.15, 0.2) is 0 Å². The van der Waals surface area contributed by atoms with E-state index in [1.54, 1.807) is 0 Å². The number of benzene rings is 1. The van der Waals surface area contributed by atoms with Crippen LogP contribution in [0.1, 0.15) is 57.4 Å². The van der Waals surface area contributed by atoms with E-state index in [9.17, 15) is 4.79 Å². The van der Waals surface area contributed by atoms with E-state index in [2.05, 4.69) is 23.6 Å². The molecule has 1 aromatic carbocycles. The molecule has 1 fully saturated rings. The molecule has 21 heavy (non-hydrogen) atoms. The van der Waals surface area contributed by atoms with Crippen molar-refractivity contribution in [3.05, 3.63) is 29.8 Å². The van der Waals surface area contributed by atoms with Gasteiger partial charge in [0.25, 0.3) is 0 Å². The number of hydrogen-bond acceptors (Lipinski definition) is 2. The molecule has 0 saturated heterocycles. The summed E-state index contributed by atoms with van der Waals surface area (Å²) in [5.74, 6) is 0.749. The third-order valence-corrected chi connectivity index (χ3v) is 4.31. The van der Waals surface area contributed by atoms with Crippen molar-refractivity contribution in [2.75, 3.05) is 11.9 Å². The second kappa shape index (κ2) is 8.83. The molecule has 3 nitrogen and oxygen atoms in total. The quantitative estimate of drug-likeness (QED) is 0.774. The molecule has 1 amide bonds. The molecule has 2 rings (SSSR count). The first kappa shape index (κ1) is 16.0. The molecule has 1 aliphatic rings. The molecule has 2 N–H and O–H groups in total. The maximum absolute atomic E-state index is 12.3. The standard InChI is InChI=1S/C18H28N2O/c1-2-19-14-16-11-7-8-12-17(16)20-18(21)13-15-9-5-3-4-6-10-15/h7-8,11-12,15,19H,2-6,9-10,13-14H2,1H3,(H,20,21). The van der Waals surface area contributed by atoms with Crippen molar-refractivity contribution < 1.29 is 4.79 Å². The Balaban J connectivity index is 1.89. The van der Waals surface area contributed by atoms with Crippen LogP contribution in [0.3, 0.4) is 0 Å². The van der Waals surface area contributed by atoms with Gasteiger partial charge in [-0.15, -0.1) is 0 Å². The lowest BCUT2D eigenvalue weighted by Crippen LogP contribution is -2.19. The van der Waals surface area contributed by atoms with Gasteiger partial charge in [-0.1, -0.05) is 50.8 Å². The zero-order valence-corrected chi connectivity index (χ0v) is 13.2. The van der Waals surface area contributed by atoms with Crippen LogP contribution in [0.4, 0.5) is 5.69 Å². The van der Waals surface area contributed by atoms with Crippen molar-refractivity contribution in [1.29, 1.82) is 0 Å². The molecule has 0 aromatic heterocycles. The van der Waals surface area contributed by atoms with Gasteiger partial charge in [-0.25, -0.2) is 0 Å². The van der Waals surface area contributed by atoms with Gasteiger partial charge in [0.05, 0.1) is 0 Å². The topological polar surface area (TPSA) is 41.1 Å². The molecule has 0 atom stereocenters. The van der Waals surface area contributed by atoms with Crippen LogP contribution in [0.25, 0.3) is 0 Å². The van der Waals surface area contributed by atoms with Crippen LogP contribution in [-0.4, -0.2) is 12.5 Å². The summed E-state index contributed by atoms with van der Waals surface area (Å²) in [6.07, 6.45) is 8.35. The first-order valence-electron chi connectivity index (χ1n) is 8.38. The Hall–Kier alpha value is -1.35. The number of para-hydroxylation sites is 1. The Bertz CT molecular complexity index is 437. The highest BCUT2D eigenvalue weighted by Gasteiger charge is 2.16. The highest BCUT2D eigenvalue weighted by atomic mass is 16.1. The number of anilines is 1. The summed E-state index contributed by atoms with van der Waals surface area (Å²) in [7, 11) is 0. The zero-order chi connectivity index (χ0) is 14.9. The molecule has 0 aliphatic heterocycles. The smallest absolute Gasteiger partial charge is 0.224 e. The van der Waals surface area contributed by atoms with Crippen LogP contribution in [0.15, 0.2) is 24.3 Å². The molecular weight excluding hydrogens is 260 g/mol. The molecule has 0 unspecified atom stereocenters. The van der Waals surface area contributed by atoms with Crippen LogP contribution in [0.5, 0.6) is 0 Å². The molecule has 0 spiro atoms. The third kappa shape index (κ3) is 5.50. The summed E-state index contributed by atoms with van der Waals surface area (Å²) >= 11 is 0. The largest absolute Gasteiger partial charge is 0.326 e. The number of amides is 1. The Kier molecular flexibility index (Phi) is 6.74. The molecular formula is C18H28N2O. The monoisotopic (exact) mass is 288 g/mol. The van der Waals surface area contributed by atoms with Gasteiger partial charge in [0.2, 0.25) is 5.91 Å². The summed E-state index contributed by atoms with van der Waals surface area (Å²) in [5.41, 5.74) is 2.12. The fraction of sp³-hybridized carbons (Fsp3) is 0.611. The number of hydrogen-bond donors (Lipinski definition) is 2. The van der Waals surface area contributed by atoms with Crippen molar-refractivity contribution in [1.82, 2.24) is 5.32 Å². The van der Waals surface area contributed by atoms with Gasteiger partial charge < -0.3 is 10.6 Å². The molecule has 1 aromatic rings. The Labute approximate surface area is 128 Å². The van der Waals surface area contributed by atoms with Gasteiger partial charge in [0, 0.05) is 18.7 Å². The van der Waals surface area contributed by atoms with Crippen molar-refractivity contribution in [2.24, 2.45) is 5.92 Å². The minimum absolute atomic E-state index is 0.172. The van der Waals surface area contributed by atoms with E-state index in [0.29, 0.717) is 12.3 Å². The molecule has 1 aliphatic carbocycles. The fourth-order valence-electron chi connectivity index (χ4n) is 3.09. The predicted octanol–water partition coefficient (Wildman–Crippen LogP) is 4.10. The second-order valence-corrected chi connectivity index (χ2v) is 6.05. The average molecular weight is 288 g/mol. The molecule has 0 heterocycles.